The molecule has 0 bridgehead atoms. The predicted octanol–water partition coefficient (Wildman–Crippen LogP) is 4.47. The molecule has 3 aliphatic heterocycles. The van der Waals surface area contributed by atoms with E-state index in [1.54, 1.807) is 38.1 Å². The number of para-hydroxylation sites is 1. The molecule has 0 radical (unpaired) electrons. The van der Waals surface area contributed by atoms with Crippen LogP contribution in [0.1, 0.15) is 98.9 Å². The van der Waals surface area contributed by atoms with E-state index in [1.807, 2.05) is 40.0 Å². The number of carbonyl (C=O) groups excluding carboxylic acids is 4. The highest BCUT2D eigenvalue weighted by atomic mass is 16.4. The van der Waals surface area contributed by atoms with Crippen molar-refractivity contribution in [2.75, 3.05) is 49.5 Å². The van der Waals surface area contributed by atoms with E-state index >= 15 is 0 Å². The van der Waals surface area contributed by atoms with Gasteiger partial charge in [-0.15, -0.1) is 0 Å². The van der Waals surface area contributed by atoms with E-state index in [2.05, 4.69) is 31.6 Å². The van der Waals surface area contributed by atoms with Crippen LogP contribution in [0.2, 0.25) is 0 Å². The van der Waals surface area contributed by atoms with Gasteiger partial charge >= 0.3 is 5.76 Å². The third-order valence-corrected chi connectivity index (χ3v) is 13.9. The van der Waals surface area contributed by atoms with Crippen LogP contribution in [0.3, 0.4) is 0 Å². The average Bonchev–Trinajstić information content (AvgIpc) is 4.03. The normalized spacial score (nSPS) is 21.5. The SMILES string of the molecule is CC(C)(O)c1cc2nn(C3CCC(N4CCN(C(=O)C5CCN(c6cccc7c6oc(=O)n7C6CCC(=O)NC6=O)CC5)CC4)CC3)cc2cc1NC(=O)c1ccc2cc(C#N)cnn12. The highest BCUT2D eigenvalue weighted by Gasteiger charge is 2.36. The largest absolute Gasteiger partial charge is 0.420 e. The summed E-state index contributed by atoms with van der Waals surface area (Å²) in [5.74, 6) is -1.76. The predicted molar refractivity (Wildman–Crippen MR) is 239 cm³/mol. The summed E-state index contributed by atoms with van der Waals surface area (Å²) in [6.07, 6.45) is 9.14. The second-order valence-electron chi connectivity index (χ2n) is 18.4. The number of nitriles is 1. The van der Waals surface area contributed by atoms with Crippen LogP contribution in [-0.2, 0) is 20.0 Å². The van der Waals surface area contributed by atoms with Gasteiger partial charge in [-0.25, -0.2) is 9.31 Å². The molecule has 4 fully saturated rings. The molecule has 2 aromatic carbocycles. The Hall–Kier alpha value is -6.84. The van der Waals surface area contributed by atoms with Gasteiger partial charge in [0.15, 0.2) is 5.58 Å². The van der Waals surface area contributed by atoms with Crippen molar-refractivity contribution in [2.45, 2.75) is 88.9 Å². The molecule has 6 aromatic rings. The molecule has 4 aliphatic rings. The smallest absolute Gasteiger partial charge is 0.405 e. The fourth-order valence-corrected chi connectivity index (χ4v) is 10.4. The van der Waals surface area contributed by atoms with Crippen LogP contribution in [0.4, 0.5) is 11.4 Å². The number of anilines is 2. The maximum Gasteiger partial charge on any atom is 0.420 e. The minimum atomic E-state index is -1.26. The molecule has 4 amide bonds. The molecule has 18 heteroatoms. The number of benzene rings is 2. The summed E-state index contributed by atoms with van der Waals surface area (Å²) < 4.78 is 10.6. The Bertz CT molecular complexity index is 2960. The van der Waals surface area contributed by atoms with Crippen molar-refractivity contribution >= 4 is 62.5 Å². The zero-order chi connectivity index (χ0) is 45.1. The monoisotopic (exact) mass is 881 g/mol. The molecule has 18 nitrogen and oxygen atoms in total. The summed E-state index contributed by atoms with van der Waals surface area (Å²) >= 11 is 0. The van der Waals surface area contributed by atoms with E-state index in [4.69, 9.17) is 9.52 Å². The van der Waals surface area contributed by atoms with Crippen LogP contribution >= 0.6 is 0 Å². The lowest BCUT2D eigenvalue weighted by molar-refractivity contribution is -0.138. The van der Waals surface area contributed by atoms with Gasteiger partial charge in [0.1, 0.15) is 17.8 Å². The number of carbonyl (C=O) groups is 4. The molecule has 10 rings (SSSR count). The molecule has 7 heterocycles. The van der Waals surface area contributed by atoms with Gasteiger partial charge in [0, 0.05) is 80.5 Å². The number of fused-ring (bicyclic) bond motifs is 3. The Morgan fingerprint density at radius 3 is 2.40 bits per heavy atom. The van der Waals surface area contributed by atoms with E-state index in [9.17, 15) is 34.3 Å². The number of aliphatic hydroxyl groups is 1. The third kappa shape index (κ3) is 7.92. The second kappa shape index (κ2) is 16.6. The van der Waals surface area contributed by atoms with E-state index in [-0.39, 0.29) is 36.6 Å². The number of oxazole rings is 1. The van der Waals surface area contributed by atoms with E-state index < -0.39 is 29.2 Å². The van der Waals surface area contributed by atoms with Crippen LogP contribution < -0.4 is 21.3 Å². The first-order valence-electron chi connectivity index (χ1n) is 22.5. The third-order valence-electron chi connectivity index (χ3n) is 13.9. The van der Waals surface area contributed by atoms with Gasteiger partial charge in [0.05, 0.1) is 45.6 Å². The van der Waals surface area contributed by atoms with E-state index in [1.165, 1.54) is 15.3 Å². The summed E-state index contributed by atoms with van der Waals surface area (Å²) in [5.41, 5.74) is 3.51. The summed E-state index contributed by atoms with van der Waals surface area (Å²) in [7, 11) is 0. The number of hydrogen-bond donors (Lipinski definition) is 3. The van der Waals surface area contributed by atoms with Crippen molar-refractivity contribution in [2.24, 2.45) is 5.92 Å². The Labute approximate surface area is 373 Å². The highest BCUT2D eigenvalue weighted by Crippen LogP contribution is 2.37. The average molecular weight is 882 g/mol. The molecule has 3 saturated heterocycles. The number of nitrogens with one attached hydrogen (secondary N) is 2. The first kappa shape index (κ1) is 42.1. The quantitative estimate of drug-likeness (QED) is 0.181. The van der Waals surface area contributed by atoms with E-state index in [0.717, 1.165) is 55.4 Å². The molecule has 0 spiro atoms. The van der Waals surface area contributed by atoms with Crippen LogP contribution in [0.15, 0.2) is 70.1 Å². The number of piperazine rings is 1. The molecule has 4 aromatic heterocycles. The lowest BCUT2D eigenvalue weighted by Gasteiger charge is -2.43. The maximum atomic E-state index is 13.8. The number of piperidine rings is 2. The zero-order valence-electron chi connectivity index (χ0n) is 36.4. The lowest BCUT2D eigenvalue weighted by Crippen LogP contribution is -2.54. The van der Waals surface area contributed by atoms with Crippen LogP contribution in [0, 0.1) is 17.2 Å². The van der Waals surface area contributed by atoms with Gasteiger partial charge in [-0.3, -0.25) is 38.6 Å². The van der Waals surface area contributed by atoms with Crippen molar-refractivity contribution in [3.63, 3.8) is 0 Å². The fraction of sp³-hybridized carbons (Fsp3) is 0.447. The minimum Gasteiger partial charge on any atom is -0.405 e. The Balaban J connectivity index is 0.729. The van der Waals surface area contributed by atoms with Gasteiger partial charge in [-0.2, -0.15) is 15.5 Å². The first-order valence-corrected chi connectivity index (χ1v) is 22.5. The van der Waals surface area contributed by atoms with Gasteiger partial charge in [-0.1, -0.05) is 6.07 Å². The fourth-order valence-electron chi connectivity index (χ4n) is 10.4. The molecule has 1 saturated carbocycles. The van der Waals surface area contributed by atoms with Gasteiger partial charge in [0.2, 0.25) is 17.7 Å². The lowest BCUT2D eigenvalue weighted by atomic mass is 9.89. The van der Waals surface area contributed by atoms with Gasteiger partial charge in [-0.05, 0) is 101 Å². The van der Waals surface area contributed by atoms with Gasteiger partial charge < -0.3 is 24.6 Å². The first-order chi connectivity index (χ1) is 31.3. The second-order valence-corrected chi connectivity index (χ2v) is 18.4. The number of rotatable bonds is 8. The van der Waals surface area contributed by atoms with Crippen molar-refractivity contribution in [1.29, 1.82) is 5.26 Å². The standard InChI is InChI=1S/C47H51N11O7/c1-47(2,64)34-24-35-30(23-36(34)50-44(61)40-11-10-33-22-28(25-48)26-49-58(33)40)27-56(52-35)32-8-6-31(7-9-32)53-18-20-55(21-19-53)45(62)29-14-16-54(17-15-29)37-4-3-5-38-42(37)65-46(63)57(38)39-12-13-41(59)51-43(39)60/h3-5,10-11,22-24,26-27,29,31-32,39,64H,6-9,12-21H2,1-2H3,(H,50,61)(H,51,59,60). The van der Waals surface area contributed by atoms with Crippen LogP contribution in [-0.4, -0.2) is 108 Å². The van der Waals surface area contributed by atoms with Crippen molar-refractivity contribution in [3.8, 4) is 6.07 Å². The molecule has 65 heavy (non-hydrogen) atoms. The summed E-state index contributed by atoms with van der Waals surface area (Å²) in [5, 5.41) is 35.8. The Morgan fingerprint density at radius 2 is 1.68 bits per heavy atom. The van der Waals surface area contributed by atoms with Gasteiger partial charge in [0.25, 0.3) is 5.91 Å². The topological polar surface area (TPSA) is 216 Å². The molecular formula is C47H51N11O7. The Kier molecular flexibility index (Phi) is 10.8. The number of imide groups is 1. The highest BCUT2D eigenvalue weighted by molar-refractivity contribution is 6.05. The molecule has 3 N–H and O–H groups in total. The molecule has 1 aliphatic carbocycles. The maximum absolute atomic E-state index is 13.8. The van der Waals surface area contributed by atoms with Crippen molar-refractivity contribution in [3.05, 3.63) is 88.3 Å². The van der Waals surface area contributed by atoms with E-state index in [0.29, 0.717) is 84.2 Å². The van der Waals surface area contributed by atoms with Crippen molar-refractivity contribution < 1.29 is 28.7 Å². The van der Waals surface area contributed by atoms with Crippen molar-refractivity contribution in [1.82, 2.24) is 39.1 Å². The molecular weight excluding hydrogens is 831 g/mol. The number of hydrogen-bond acceptors (Lipinski definition) is 12. The molecule has 336 valence electrons. The summed E-state index contributed by atoms with van der Waals surface area (Å²) in [4.78, 5) is 71.4. The minimum absolute atomic E-state index is 0.0827. The molecule has 1 atom stereocenters. The summed E-state index contributed by atoms with van der Waals surface area (Å²) in [6, 6.07) is 16.2. The number of amides is 4. The Morgan fingerprint density at radius 1 is 0.923 bits per heavy atom. The van der Waals surface area contributed by atoms with Crippen LogP contribution in [0.25, 0.3) is 27.5 Å². The number of aromatic nitrogens is 5. The molecule has 1 unspecified atom stereocenters. The zero-order valence-corrected chi connectivity index (χ0v) is 36.4. The summed E-state index contributed by atoms with van der Waals surface area (Å²) in [6.45, 7) is 7.69. The number of nitrogens with zero attached hydrogens (tertiary/aromatic N) is 9. The van der Waals surface area contributed by atoms with Crippen LogP contribution in [0.5, 0.6) is 0 Å².